The number of piperazine rings is 1. The predicted octanol–water partition coefficient (Wildman–Crippen LogP) is 3.09. The normalized spacial score (nSPS) is 18.3. The molecule has 13 heteroatoms. The maximum Gasteiger partial charge on any atom is 0.453 e. The van der Waals surface area contributed by atoms with Crippen LogP contribution in [0.5, 0.6) is 5.75 Å². The summed E-state index contributed by atoms with van der Waals surface area (Å²) in [5, 5.41) is 11.0. The third-order valence-corrected chi connectivity index (χ3v) is 7.61. The standard InChI is InChI=1S/C27H34F3N7O3/c1-19(38)35-15-13-34(14-16-35)17-23(18-39-2)40-22-5-3-20(4-6-22)21-9-11-36(12-10-21)25-8-7-24-31-32-26(27(28,29)30)37(24)33-25/h3-8,21,23H,9-18H2,1-2H3/t23-/m0/s1. The van der Waals surface area contributed by atoms with Crippen LogP contribution in [-0.2, 0) is 15.7 Å². The Morgan fingerprint density at radius 2 is 1.70 bits per heavy atom. The van der Waals surface area contributed by atoms with Gasteiger partial charge in [0.25, 0.3) is 5.82 Å². The molecule has 0 aliphatic carbocycles. The minimum Gasteiger partial charge on any atom is -0.487 e. The molecule has 216 valence electrons. The summed E-state index contributed by atoms with van der Waals surface area (Å²) in [6, 6.07) is 11.3. The van der Waals surface area contributed by atoms with Crippen molar-refractivity contribution in [2.24, 2.45) is 0 Å². The summed E-state index contributed by atoms with van der Waals surface area (Å²) in [6.45, 7) is 7.22. The topological polar surface area (TPSA) is 88.3 Å². The van der Waals surface area contributed by atoms with Crippen LogP contribution >= 0.6 is 0 Å². The average molecular weight is 562 g/mol. The van der Waals surface area contributed by atoms with Gasteiger partial charge in [0.1, 0.15) is 17.7 Å². The molecule has 40 heavy (non-hydrogen) atoms. The molecule has 4 heterocycles. The molecular formula is C27H34F3N7O3. The van der Waals surface area contributed by atoms with Crippen molar-refractivity contribution in [1.82, 2.24) is 29.6 Å². The van der Waals surface area contributed by atoms with E-state index in [1.165, 1.54) is 11.6 Å². The first-order chi connectivity index (χ1) is 19.2. The Labute approximate surface area is 230 Å². The first kappa shape index (κ1) is 28.1. The number of halogens is 3. The summed E-state index contributed by atoms with van der Waals surface area (Å²) < 4.78 is 52.1. The van der Waals surface area contributed by atoms with Crippen LogP contribution < -0.4 is 9.64 Å². The number of anilines is 1. The fourth-order valence-corrected chi connectivity index (χ4v) is 5.42. The molecule has 0 saturated carbocycles. The first-order valence-electron chi connectivity index (χ1n) is 13.5. The molecule has 0 spiro atoms. The largest absolute Gasteiger partial charge is 0.487 e. The molecule has 0 unspecified atom stereocenters. The van der Waals surface area contributed by atoms with E-state index in [2.05, 4.69) is 32.3 Å². The van der Waals surface area contributed by atoms with Gasteiger partial charge in [0.15, 0.2) is 5.65 Å². The number of nitrogens with zero attached hydrogens (tertiary/aromatic N) is 7. The highest BCUT2D eigenvalue weighted by molar-refractivity contribution is 5.73. The second-order valence-corrected chi connectivity index (χ2v) is 10.3. The number of rotatable bonds is 8. The van der Waals surface area contributed by atoms with Gasteiger partial charge in [-0.05, 0) is 48.6 Å². The summed E-state index contributed by atoms with van der Waals surface area (Å²) in [7, 11) is 1.66. The number of carbonyl (C=O) groups is 1. The average Bonchev–Trinajstić information content (AvgIpc) is 3.38. The van der Waals surface area contributed by atoms with Gasteiger partial charge in [0.2, 0.25) is 5.91 Å². The van der Waals surface area contributed by atoms with E-state index in [1.54, 1.807) is 20.1 Å². The number of hydrogen-bond acceptors (Lipinski definition) is 8. The highest BCUT2D eigenvalue weighted by Gasteiger charge is 2.38. The molecule has 0 N–H and O–H groups in total. The molecule has 1 atom stereocenters. The third kappa shape index (κ3) is 6.47. The third-order valence-electron chi connectivity index (χ3n) is 7.61. The van der Waals surface area contributed by atoms with Crippen molar-refractivity contribution in [3.8, 4) is 5.75 Å². The fourth-order valence-electron chi connectivity index (χ4n) is 5.42. The van der Waals surface area contributed by atoms with E-state index in [0.29, 0.717) is 31.4 Å². The second-order valence-electron chi connectivity index (χ2n) is 10.3. The van der Waals surface area contributed by atoms with Crippen molar-refractivity contribution in [2.45, 2.75) is 38.0 Å². The number of amides is 1. The SMILES string of the molecule is COC[C@H](CN1CCN(C(C)=O)CC1)Oc1ccc(C2CCN(c3ccc4nnc(C(F)(F)F)n4n3)CC2)cc1. The van der Waals surface area contributed by atoms with E-state index in [-0.39, 0.29) is 17.7 Å². The zero-order valence-corrected chi connectivity index (χ0v) is 22.7. The smallest absolute Gasteiger partial charge is 0.453 e. The lowest BCUT2D eigenvalue weighted by Crippen LogP contribution is -2.51. The Morgan fingerprint density at radius 1 is 1.00 bits per heavy atom. The monoisotopic (exact) mass is 561 g/mol. The van der Waals surface area contributed by atoms with E-state index in [1.807, 2.05) is 21.9 Å². The van der Waals surface area contributed by atoms with E-state index < -0.39 is 12.0 Å². The van der Waals surface area contributed by atoms with Crippen molar-refractivity contribution < 1.29 is 27.4 Å². The van der Waals surface area contributed by atoms with Crippen LogP contribution in [0.3, 0.4) is 0 Å². The molecule has 2 aromatic heterocycles. The van der Waals surface area contributed by atoms with Gasteiger partial charge in [-0.3, -0.25) is 9.69 Å². The second kappa shape index (κ2) is 12.0. The van der Waals surface area contributed by atoms with Gasteiger partial charge in [-0.1, -0.05) is 12.1 Å². The summed E-state index contributed by atoms with van der Waals surface area (Å²) in [6.07, 6.45) is -3.04. The van der Waals surface area contributed by atoms with Crippen LogP contribution in [0.15, 0.2) is 36.4 Å². The maximum atomic E-state index is 13.2. The van der Waals surface area contributed by atoms with Crippen molar-refractivity contribution >= 4 is 17.4 Å². The molecule has 5 rings (SSSR count). The van der Waals surface area contributed by atoms with Crippen LogP contribution in [0.25, 0.3) is 5.65 Å². The number of fused-ring (bicyclic) bond motifs is 1. The minimum atomic E-state index is -4.62. The van der Waals surface area contributed by atoms with Crippen LogP contribution in [0.1, 0.15) is 37.1 Å². The van der Waals surface area contributed by atoms with Gasteiger partial charge in [-0.2, -0.15) is 17.7 Å². The Morgan fingerprint density at radius 3 is 2.33 bits per heavy atom. The number of hydrogen-bond donors (Lipinski definition) is 0. The molecular weight excluding hydrogens is 527 g/mol. The van der Waals surface area contributed by atoms with E-state index in [4.69, 9.17) is 9.47 Å². The highest BCUT2D eigenvalue weighted by Crippen LogP contribution is 2.32. The molecule has 1 aromatic carbocycles. The van der Waals surface area contributed by atoms with Gasteiger partial charge in [-0.25, -0.2) is 0 Å². The lowest BCUT2D eigenvalue weighted by molar-refractivity contribution is -0.146. The molecule has 2 saturated heterocycles. The minimum absolute atomic E-state index is 0.0663. The molecule has 3 aromatic rings. The number of methoxy groups -OCH3 is 1. The Hall–Kier alpha value is -3.45. The van der Waals surface area contributed by atoms with Gasteiger partial charge in [0.05, 0.1) is 6.61 Å². The Bertz CT molecular complexity index is 1280. The number of carbonyl (C=O) groups excluding carboxylic acids is 1. The molecule has 0 radical (unpaired) electrons. The summed E-state index contributed by atoms with van der Waals surface area (Å²) in [5.74, 6) is 0.580. The van der Waals surface area contributed by atoms with Gasteiger partial charge in [-0.15, -0.1) is 15.3 Å². The number of ether oxygens (including phenoxy) is 2. The van der Waals surface area contributed by atoms with Crippen LogP contribution in [-0.4, -0.2) is 101 Å². The van der Waals surface area contributed by atoms with Gasteiger partial charge < -0.3 is 19.3 Å². The molecule has 10 nitrogen and oxygen atoms in total. The van der Waals surface area contributed by atoms with Crippen molar-refractivity contribution in [3.05, 3.63) is 47.8 Å². The quantitative estimate of drug-likeness (QED) is 0.415. The van der Waals surface area contributed by atoms with Crippen LogP contribution in [0.4, 0.5) is 19.0 Å². The Balaban J connectivity index is 1.15. The lowest BCUT2D eigenvalue weighted by atomic mass is 9.89. The number of aromatic nitrogens is 4. The number of benzene rings is 1. The highest BCUT2D eigenvalue weighted by atomic mass is 19.4. The summed E-state index contributed by atoms with van der Waals surface area (Å²) in [4.78, 5) is 17.7. The molecule has 0 bridgehead atoms. The lowest BCUT2D eigenvalue weighted by Gasteiger charge is -2.36. The summed E-state index contributed by atoms with van der Waals surface area (Å²) >= 11 is 0. The summed E-state index contributed by atoms with van der Waals surface area (Å²) in [5.41, 5.74) is 1.27. The molecule has 2 fully saturated rings. The van der Waals surface area contributed by atoms with E-state index in [0.717, 1.165) is 55.8 Å². The zero-order valence-electron chi connectivity index (χ0n) is 22.7. The molecule has 2 aliphatic rings. The Kier molecular flexibility index (Phi) is 8.40. The fraction of sp³-hybridized carbons (Fsp3) is 0.556. The zero-order chi connectivity index (χ0) is 28.3. The molecule has 2 aliphatic heterocycles. The van der Waals surface area contributed by atoms with Crippen molar-refractivity contribution in [2.75, 3.05) is 64.4 Å². The van der Waals surface area contributed by atoms with E-state index in [9.17, 15) is 18.0 Å². The van der Waals surface area contributed by atoms with Crippen molar-refractivity contribution in [1.29, 1.82) is 0 Å². The van der Waals surface area contributed by atoms with Crippen molar-refractivity contribution in [3.63, 3.8) is 0 Å². The van der Waals surface area contributed by atoms with E-state index >= 15 is 0 Å². The van der Waals surface area contributed by atoms with Gasteiger partial charge in [0, 0.05) is 59.8 Å². The predicted molar refractivity (Wildman–Crippen MR) is 141 cm³/mol. The first-order valence-corrected chi connectivity index (χ1v) is 13.5. The van der Waals surface area contributed by atoms with Crippen LogP contribution in [0.2, 0.25) is 0 Å². The molecule has 1 amide bonds. The maximum absolute atomic E-state index is 13.2. The number of alkyl halides is 3. The van der Waals surface area contributed by atoms with Gasteiger partial charge >= 0.3 is 6.18 Å². The number of piperidine rings is 1. The van der Waals surface area contributed by atoms with Crippen LogP contribution in [0, 0.1) is 0 Å².